The molecule has 4 heteroatoms. The van der Waals surface area contributed by atoms with Gasteiger partial charge in [0.05, 0.1) is 19.8 Å². The minimum Gasteiger partial charge on any atom is -0.508 e. The van der Waals surface area contributed by atoms with E-state index in [2.05, 4.69) is 20.8 Å². The molecule has 1 aromatic rings. The van der Waals surface area contributed by atoms with Crippen molar-refractivity contribution in [1.82, 2.24) is 0 Å². The number of rotatable bonds is 4. The Morgan fingerprint density at radius 3 is 2.26 bits per heavy atom. The van der Waals surface area contributed by atoms with Crippen molar-refractivity contribution < 1.29 is 19.7 Å². The first-order valence-electron chi connectivity index (χ1n) is 10.2. The summed E-state index contributed by atoms with van der Waals surface area (Å²) in [4.78, 5) is 0. The fraction of sp³-hybridized carbons (Fsp3) is 0.739. The monoisotopic (exact) mass is 376 g/mol. The Hall–Kier alpha value is -1.42. The zero-order chi connectivity index (χ0) is 20.0. The first-order valence-corrected chi connectivity index (χ1v) is 10.2. The standard InChI is InChI=1S/C23H36O4/c1-21(2)9-7-10-22(3)19(21)8-11-23(4,25)20(22)13-15-12-17(26-5)18(27-6)14-16(15)24/h12,14,19-20,24-25H,7-11,13H2,1-6H3/t19-,20+,22-,23-/m0/s1. The molecule has 152 valence electrons. The van der Waals surface area contributed by atoms with E-state index < -0.39 is 5.60 Å². The van der Waals surface area contributed by atoms with Crippen molar-refractivity contribution in [1.29, 1.82) is 0 Å². The molecule has 3 rings (SSSR count). The number of benzene rings is 1. The first kappa shape index (κ1) is 20.3. The average molecular weight is 377 g/mol. The smallest absolute Gasteiger partial charge is 0.164 e. The van der Waals surface area contributed by atoms with Gasteiger partial charge in [0.25, 0.3) is 0 Å². The van der Waals surface area contributed by atoms with Gasteiger partial charge in [-0.15, -0.1) is 0 Å². The summed E-state index contributed by atoms with van der Waals surface area (Å²) in [6, 6.07) is 3.49. The molecule has 0 aliphatic heterocycles. The highest BCUT2D eigenvalue weighted by Crippen LogP contribution is 2.62. The van der Waals surface area contributed by atoms with Crippen LogP contribution in [0.3, 0.4) is 0 Å². The predicted octanol–water partition coefficient (Wildman–Crippen LogP) is 4.95. The summed E-state index contributed by atoms with van der Waals surface area (Å²) in [6.07, 6.45) is 6.12. The van der Waals surface area contributed by atoms with Gasteiger partial charge in [0, 0.05) is 6.07 Å². The van der Waals surface area contributed by atoms with Crippen LogP contribution < -0.4 is 9.47 Å². The lowest BCUT2D eigenvalue weighted by atomic mass is 9.45. The summed E-state index contributed by atoms with van der Waals surface area (Å²) in [6.45, 7) is 9.13. The maximum absolute atomic E-state index is 11.4. The minimum atomic E-state index is -0.738. The van der Waals surface area contributed by atoms with Crippen LogP contribution in [-0.4, -0.2) is 30.0 Å². The van der Waals surface area contributed by atoms with Gasteiger partial charge in [0.15, 0.2) is 11.5 Å². The summed E-state index contributed by atoms with van der Waals surface area (Å²) in [5.41, 5.74) is 0.436. The summed E-state index contributed by atoms with van der Waals surface area (Å²) < 4.78 is 10.7. The van der Waals surface area contributed by atoms with Crippen molar-refractivity contribution in [3.63, 3.8) is 0 Å². The highest BCUT2D eigenvalue weighted by Gasteiger charge is 2.57. The Kier molecular flexibility index (Phi) is 5.17. The molecule has 0 saturated heterocycles. The van der Waals surface area contributed by atoms with E-state index in [4.69, 9.17) is 9.47 Å². The highest BCUT2D eigenvalue weighted by molar-refractivity contribution is 5.50. The topological polar surface area (TPSA) is 58.9 Å². The molecule has 2 saturated carbocycles. The van der Waals surface area contributed by atoms with Crippen LogP contribution in [0.4, 0.5) is 0 Å². The maximum atomic E-state index is 11.4. The molecule has 2 N–H and O–H groups in total. The third-order valence-corrected chi connectivity index (χ3v) is 7.77. The average Bonchev–Trinajstić information content (AvgIpc) is 2.58. The molecule has 0 unspecified atom stereocenters. The fourth-order valence-corrected chi connectivity index (χ4v) is 6.37. The van der Waals surface area contributed by atoms with Gasteiger partial charge in [-0.3, -0.25) is 0 Å². The van der Waals surface area contributed by atoms with E-state index in [1.165, 1.54) is 12.8 Å². The van der Waals surface area contributed by atoms with E-state index in [1.54, 1.807) is 20.3 Å². The number of aliphatic hydroxyl groups is 1. The van der Waals surface area contributed by atoms with Crippen LogP contribution in [0, 0.1) is 22.7 Å². The third-order valence-electron chi connectivity index (χ3n) is 7.77. The van der Waals surface area contributed by atoms with E-state index in [9.17, 15) is 10.2 Å². The molecule has 2 aliphatic carbocycles. The van der Waals surface area contributed by atoms with Crippen LogP contribution in [0.5, 0.6) is 17.2 Å². The molecule has 4 atom stereocenters. The van der Waals surface area contributed by atoms with Gasteiger partial charge in [-0.1, -0.05) is 27.2 Å². The summed E-state index contributed by atoms with van der Waals surface area (Å²) in [5.74, 6) is 2.03. The van der Waals surface area contributed by atoms with Gasteiger partial charge in [-0.2, -0.15) is 0 Å². The summed E-state index contributed by atoms with van der Waals surface area (Å²) in [5, 5.41) is 22.0. The summed E-state index contributed by atoms with van der Waals surface area (Å²) >= 11 is 0. The van der Waals surface area contributed by atoms with Crippen LogP contribution in [-0.2, 0) is 6.42 Å². The van der Waals surface area contributed by atoms with Crippen molar-refractivity contribution in [2.45, 2.75) is 71.8 Å². The number of methoxy groups -OCH3 is 2. The maximum Gasteiger partial charge on any atom is 0.164 e. The van der Waals surface area contributed by atoms with Crippen molar-refractivity contribution in [2.75, 3.05) is 14.2 Å². The van der Waals surface area contributed by atoms with Crippen LogP contribution in [0.15, 0.2) is 12.1 Å². The molecule has 4 nitrogen and oxygen atoms in total. The third kappa shape index (κ3) is 3.41. The zero-order valence-electron chi connectivity index (χ0n) is 17.8. The number of hydrogen-bond acceptors (Lipinski definition) is 4. The molecule has 0 spiro atoms. The minimum absolute atomic E-state index is 0.0586. The van der Waals surface area contributed by atoms with E-state index in [1.807, 2.05) is 13.0 Å². The molecule has 0 amide bonds. The lowest BCUT2D eigenvalue weighted by Gasteiger charge is -2.61. The van der Waals surface area contributed by atoms with Crippen molar-refractivity contribution >= 4 is 0 Å². The number of aromatic hydroxyl groups is 1. The zero-order valence-corrected chi connectivity index (χ0v) is 17.8. The highest BCUT2D eigenvalue weighted by atomic mass is 16.5. The number of ether oxygens (including phenoxy) is 2. The SMILES string of the molecule is COc1cc(O)c(C[C@@H]2[C@@]3(C)CCCC(C)(C)[C@@H]3CC[C@]2(C)O)cc1OC. The van der Waals surface area contributed by atoms with Crippen molar-refractivity contribution in [2.24, 2.45) is 22.7 Å². The van der Waals surface area contributed by atoms with Crippen LogP contribution in [0.25, 0.3) is 0 Å². The number of fused-ring (bicyclic) bond motifs is 1. The van der Waals surface area contributed by atoms with Gasteiger partial charge in [0.2, 0.25) is 0 Å². The van der Waals surface area contributed by atoms with Gasteiger partial charge in [0.1, 0.15) is 5.75 Å². The molecule has 0 heterocycles. The van der Waals surface area contributed by atoms with E-state index in [-0.39, 0.29) is 17.1 Å². The largest absolute Gasteiger partial charge is 0.508 e. The molecule has 0 radical (unpaired) electrons. The van der Waals surface area contributed by atoms with Gasteiger partial charge >= 0.3 is 0 Å². The Morgan fingerprint density at radius 2 is 1.63 bits per heavy atom. The predicted molar refractivity (Wildman–Crippen MR) is 107 cm³/mol. The van der Waals surface area contributed by atoms with Gasteiger partial charge in [-0.25, -0.2) is 0 Å². The number of phenols is 1. The Morgan fingerprint density at radius 1 is 1.00 bits per heavy atom. The Balaban J connectivity index is 2.01. The lowest BCUT2D eigenvalue weighted by molar-refractivity contribution is -0.166. The van der Waals surface area contributed by atoms with Crippen molar-refractivity contribution in [3.8, 4) is 17.2 Å². The second-order valence-corrected chi connectivity index (χ2v) is 9.89. The van der Waals surface area contributed by atoms with E-state index >= 15 is 0 Å². The van der Waals surface area contributed by atoms with Crippen molar-refractivity contribution in [3.05, 3.63) is 17.7 Å². The van der Waals surface area contributed by atoms with Gasteiger partial charge in [-0.05, 0) is 73.3 Å². The van der Waals surface area contributed by atoms with Crippen LogP contribution >= 0.6 is 0 Å². The first-order chi connectivity index (χ1) is 12.5. The lowest BCUT2D eigenvalue weighted by Crippen LogP contribution is -2.58. The molecule has 0 aromatic heterocycles. The van der Waals surface area contributed by atoms with E-state index in [0.29, 0.717) is 29.3 Å². The summed E-state index contributed by atoms with van der Waals surface area (Å²) in [7, 11) is 3.18. The quantitative estimate of drug-likeness (QED) is 0.781. The molecule has 1 aromatic carbocycles. The Labute approximate surface area is 163 Å². The number of hydrogen-bond donors (Lipinski definition) is 2. The fourth-order valence-electron chi connectivity index (χ4n) is 6.37. The normalized spacial score (nSPS) is 35.4. The Bertz CT molecular complexity index is 694. The van der Waals surface area contributed by atoms with E-state index in [0.717, 1.165) is 24.8 Å². The molecule has 2 fully saturated rings. The van der Waals surface area contributed by atoms with Crippen LogP contribution in [0.1, 0.15) is 65.4 Å². The second-order valence-electron chi connectivity index (χ2n) is 9.89. The molecule has 2 aliphatic rings. The second kappa shape index (κ2) is 6.88. The molecule has 0 bridgehead atoms. The van der Waals surface area contributed by atoms with Gasteiger partial charge < -0.3 is 19.7 Å². The number of phenolic OH excluding ortho intramolecular Hbond substituents is 1. The molecular formula is C23H36O4. The van der Waals surface area contributed by atoms with Crippen LogP contribution in [0.2, 0.25) is 0 Å². The molecule has 27 heavy (non-hydrogen) atoms. The molecular weight excluding hydrogens is 340 g/mol.